The first-order chi connectivity index (χ1) is 10.8. The first-order valence-electron chi connectivity index (χ1n) is 8.34. The molecule has 0 atom stereocenters. The molecule has 7 heteroatoms. The van der Waals surface area contributed by atoms with Crippen molar-refractivity contribution in [2.75, 3.05) is 13.1 Å². The molecule has 1 aromatic rings. The van der Waals surface area contributed by atoms with E-state index in [1.54, 1.807) is 11.3 Å². The van der Waals surface area contributed by atoms with E-state index in [1.165, 1.54) is 4.88 Å². The van der Waals surface area contributed by atoms with Crippen molar-refractivity contribution in [1.29, 1.82) is 0 Å². The summed E-state index contributed by atoms with van der Waals surface area (Å²) >= 11 is 1.78. The fourth-order valence-corrected chi connectivity index (χ4v) is 3.77. The Labute approximate surface area is 168 Å². The third kappa shape index (κ3) is 7.67. The van der Waals surface area contributed by atoms with Crippen LogP contribution >= 0.6 is 36.2 Å². The van der Waals surface area contributed by atoms with Crippen molar-refractivity contribution in [3.05, 3.63) is 34.0 Å². The van der Waals surface area contributed by atoms with Crippen molar-refractivity contribution >= 4 is 42.1 Å². The van der Waals surface area contributed by atoms with Crippen LogP contribution in [0, 0.1) is 0 Å². The molecule has 0 unspecified atom stereocenters. The molecule has 1 aliphatic rings. The van der Waals surface area contributed by atoms with Crippen LogP contribution in [0.5, 0.6) is 0 Å². The minimum Gasteiger partial charge on any atom is -0.352 e. The number of amides is 1. The summed E-state index contributed by atoms with van der Waals surface area (Å²) in [6, 6.07) is 4.22. The Kier molecular flexibility index (Phi) is 10.3. The van der Waals surface area contributed by atoms with Gasteiger partial charge in [0.05, 0.1) is 0 Å². The third-order valence-corrected chi connectivity index (χ3v) is 4.88. The Hall–Kier alpha value is -0.590. The van der Waals surface area contributed by atoms with Gasteiger partial charge in [0.25, 0.3) is 0 Å². The van der Waals surface area contributed by atoms with Crippen LogP contribution in [0.4, 0.5) is 0 Å². The van der Waals surface area contributed by atoms with Gasteiger partial charge in [0.2, 0.25) is 5.91 Å². The highest BCUT2D eigenvalue weighted by atomic mass is 35.5. The van der Waals surface area contributed by atoms with E-state index in [0.29, 0.717) is 0 Å². The fourth-order valence-electron chi connectivity index (χ4n) is 3.10. The second-order valence-electron chi connectivity index (χ2n) is 7.25. The van der Waals surface area contributed by atoms with Gasteiger partial charge < -0.3 is 10.6 Å². The Morgan fingerprint density at radius 3 is 2.40 bits per heavy atom. The average Bonchev–Trinajstić information content (AvgIpc) is 3.02. The van der Waals surface area contributed by atoms with Gasteiger partial charge in [0.1, 0.15) is 0 Å². The zero-order chi connectivity index (χ0) is 16.9. The number of carbonyl (C=O) groups excluding carboxylic acids is 1. The molecule has 2 heterocycles. The maximum atomic E-state index is 12.4. The summed E-state index contributed by atoms with van der Waals surface area (Å²) in [5.74, 6) is 0.0552. The predicted octanol–water partition coefficient (Wildman–Crippen LogP) is 3.66. The molecule has 0 saturated carbocycles. The Balaban J connectivity index is 0.00000288. The van der Waals surface area contributed by atoms with Crippen LogP contribution in [-0.4, -0.2) is 30.1 Å². The van der Waals surface area contributed by atoms with Crippen LogP contribution in [0.2, 0.25) is 0 Å². The molecule has 0 spiro atoms. The van der Waals surface area contributed by atoms with Crippen molar-refractivity contribution in [3.63, 3.8) is 0 Å². The fraction of sp³-hybridized carbons (Fsp3) is 0.611. The van der Waals surface area contributed by atoms with Gasteiger partial charge in [-0.3, -0.25) is 10.1 Å². The lowest BCUT2D eigenvalue weighted by Crippen LogP contribution is -2.47. The SMILES string of the molecule is CC1(C)C=C(C(=O)NCCCCNCc2cccs2)C(C)(C)N1.Cl.Cl. The Morgan fingerprint density at radius 2 is 1.84 bits per heavy atom. The lowest BCUT2D eigenvalue weighted by molar-refractivity contribution is -0.118. The Morgan fingerprint density at radius 1 is 1.16 bits per heavy atom. The highest BCUT2D eigenvalue weighted by molar-refractivity contribution is 7.09. The van der Waals surface area contributed by atoms with Crippen molar-refractivity contribution in [2.45, 2.75) is 58.2 Å². The quantitative estimate of drug-likeness (QED) is 0.576. The zero-order valence-corrected chi connectivity index (χ0v) is 17.9. The lowest BCUT2D eigenvalue weighted by Gasteiger charge is -2.27. The van der Waals surface area contributed by atoms with Gasteiger partial charge in [-0.05, 0) is 58.5 Å². The van der Waals surface area contributed by atoms with E-state index in [0.717, 1.165) is 38.0 Å². The van der Waals surface area contributed by atoms with Gasteiger partial charge in [0.15, 0.2) is 0 Å². The molecule has 2 rings (SSSR count). The van der Waals surface area contributed by atoms with Gasteiger partial charge >= 0.3 is 0 Å². The standard InChI is InChI=1S/C18H29N3OS.2ClH/c1-17(2)12-15(18(3,4)21-17)16(22)20-10-6-5-9-19-13-14-8-7-11-23-14;;/h7-8,11-12,19,21H,5-6,9-10,13H2,1-4H3,(H,20,22);2*1H. The van der Waals surface area contributed by atoms with E-state index in [4.69, 9.17) is 0 Å². The zero-order valence-electron chi connectivity index (χ0n) is 15.5. The largest absolute Gasteiger partial charge is 0.352 e. The molecule has 4 nitrogen and oxygen atoms in total. The van der Waals surface area contributed by atoms with Crippen LogP contribution in [0.25, 0.3) is 0 Å². The molecule has 0 aromatic carbocycles. The smallest absolute Gasteiger partial charge is 0.248 e. The van der Waals surface area contributed by atoms with Gasteiger partial charge in [-0.1, -0.05) is 12.1 Å². The molecule has 144 valence electrons. The summed E-state index contributed by atoms with van der Waals surface area (Å²) < 4.78 is 0. The summed E-state index contributed by atoms with van der Waals surface area (Å²) in [5.41, 5.74) is 0.455. The highest BCUT2D eigenvalue weighted by Gasteiger charge is 2.39. The molecular weight excluding hydrogens is 377 g/mol. The topological polar surface area (TPSA) is 53.2 Å². The number of unbranched alkanes of at least 4 members (excludes halogenated alkanes) is 1. The van der Waals surface area contributed by atoms with Crippen LogP contribution in [0.1, 0.15) is 45.4 Å². The summed E-state index contributed by atoms with van der Waals surface area (Å²) in [7, 11) is 0. The highest BCUT2D eigenvalue weighted by Crippen LogP contribution is 2.29. The molecule has 1 aliphatic heterocycles. The number of rotatable bonds is 8. The minimum atomic E-state index is -0.268. The van der Waals surface area contributed by atoms with Crippen LogP contribution in [0.3, 0.4) is 0 Å². The van der Waals surface area contributed by atoms with Gasteiger partial charge in [-0.25, -0.2) is 0 Å². The summed E-state index contributed by atoms with van der Waals surface area (Å²) in [6.45, 7) is 10.9. The van der Waals surface area contributed by atoms with Crippen LogP contribution in [0.15, 0.2) is 29.2 Å². The molecule has 3 N–H and O–H groups in total. The van der Waals surface area contributed by atoms with E-state index in [-0.39, 0.29) is 41.8 Å². The normalized spacial score (nSPS) is 17.2. The molecular formula is C18H31Cl2N3OS. The molecule has 0 fully saturated rings. The maximum absolute atomic E-state index is 12.4. The molecule has 1 aromatic heterocycles. The lowest BCUT2D eigenvalue weighted by atomic mass is 9.96. The number of halogens is 2. The van der Waals surface area contributed by atoms with Gasteiger partial charge in [-0.2, -0.15) is 0 Å². The number of nitrogens with one attached hydrogen (secondary N) is 3. The van der Waals surface area contributed by atoms with Gasteiger partial charge in [-0.15, -0.1) is 36.2 Å². The van der Waals surface area contributed by atoms with Crippen molar-refractivity contribution in [1.82, 2.24) is 16.0 Å². The van der Waals surface area contributed by atoms with Crippen LogP contribution < -0.4 is 16.0 Å². The number of carbonyl (C=O) groups is 1. The van der Waals surface area contributed by atoms with Crippen molar-refractivity contribution in [3.8, 4) is 0 Å². The predicted molar refractivity (Wildman–Crippen MR) is 112 cm³/mol. The average molecular weight is 408 g/mol. The monoisotopic (exact) mass is 407 g/mol. The maximum Gasteiger partial charge on any atom is 0.248 e. The first-order valence-corrected chi connectivity index (χ1v) is 9.22. The molecule has 1 amide bonds. The van der Waals surface area contributed by atoms with Crippen molar-refractivity contribution in [2.24, 2.45) is 0 Å². The van der Waals surface area contributed by atoms with Crippen molar-refractivity contribution < 1.29 is 4.79 Å². The van der Waals surface area contributed by atoms with E-state index in [9.17, 15) is 4.79 Å². The molecule has 0 bridgehead atoms. The molecule has 0 saturated heterocycles. The second kappa shape index (κ2) is 10.5. The van der Waals surface area contributed by atoms with E-state index >= 15 is 0 Å². The third-order valence-electron chi connectivity index (χ3n) is 4.00. The van der Waals surface area contributed by atoms with Gasteiger partial charge in [0, 0.05) is 34.6 Å². The molecule has 25 heavy (non-hydrogen) atoms. The summed E-state index contributed by atoms with van der Waals surface area (Å²) in [4.78, 5) is 13.7. The van der Waals surface area contributed by atoms with Crippen LogP contribution in [-0.2, 0) is 11.3 Å². The van der Waals surface area contributed by atoms with E-state index < -0.39 is 0 Å². The Bertz CT molecular complexity index is 557. The second-order valence-corrected chi connectivity index (χ2v) is 8.28. The minimum absolute atomic E-state index is 0. The van der Waals surface area contributed by atoms with E-state index in [1.807, 2.05) is 6.08 Å². The molecule has 0 radical (unpaired) electrons. The molecule has 0 aliphatic carbocycles. The van der Waals surface area contributed by atoms with E-state index in [2.05, 4.69) is 61.2 Å². The number of hydrogen-bond donors (Lipinski definition) is 3. The summed E-state index contributed by atoms with van der Waals surface area (Å²) in [6.07, 6.45) is 4.11. The first kappa shape index (κ1) is 24.4. The number of hydrogen-bond acceptors (Lipinski definition) is 4. The summed E-state index contributed by atoms with van der Waals surface area (Å²) in [5, 5.41) is 12.0. The number of thiophene rings is 1.